The molecule has 258 valence electrons. The number of hydrogen-bond donors (Lipinski definition) is 4. The number of imide groups is 1. The van der Waals surface area contributed by atoms with Gasteiger partial charge in [0.15, 0.2) is 0 Å². The molecule has 1 aliphatic carbocycles. The number of urea groups is 2. The normalized spacial score (nSPS) is 16.8. The van der Waals surface area contributed by atoms with E-state index in [4.69, 9.17) is 0 Å². The first-order valence-electron chi connectivity index (χ1n) is 16.9. The highest BCUT2D eigenvalue weighted by atomic mass is 16.4. The summed E-state index contributed by atoms with van der Waals surface area (Å²) in [5.74, 6) is -2.05. The Balaban J connectivity index is 1.37. The van der Waals surface area contributed by atoms with Crippen LogP contribution in [0, 0.1) is 12.8 Å². The van der Waals surface area contributed by atoms with Crippen molar-refractivity contribution in [3.05, 3.63) is 95.6 Å². The number of hydrogen-bond acceptors (Lipinski definition) is 5. The summed E-state index contributed by atoms with van der Waals surface area (Å²) in [5, 5.41) is 18.1. The predicted octanol–water partition coefficient (Wildman–Crippen LogP) is 6.85. The van der Waals surface area contributed by atoms with E-state index in [-0.39, 0.29) is 37.2 Å². The molecule has 2 fully saturated rings. The second kappa shape index (κ2) is 15.4. The highest BCUT2D eigenvalue weighted by molar-refractivity contribution is 6.10. The number of carboxylic acid groups (broad SMARTS) is 1. The summed E-state index contributed by atoms with van der Waals surface area (Å²) < 4.78 is 0. The minimum Gasteiger partial charge on any atom is -0.481 e. The first kappa shape index (κ1) is 35.1. The molecular weight excluding hydrogens is 622 g/mol. The van der Waals surface area contributed by atoms with Crippen molar-refractivity contribution in [1.29, 1.82) is 0 Å². The molecule has 3 aromatic rings. The van der Waals surface area contributed by atoms with E-state index in [2.05, 4.69) is 16.0 Å². The van der Waals surface area contributed by atoms with Crippen LogP contribution in [0.1, 0.15) is 81.5 Å². The van der Waals surface area contributed by atoms with E-state index in [1.807, 2.05) is 57.2 Å². The molecule has 4 N–H and O–H groups in total. The van der Waals surface area contributed by atoms with Gasteiger partial charge in [0.05, 0.1) is 12.5 Å². The molecule has 1 saturated carbocycles. The molecule has 0 aromatic heterocycles. The summed E-state index contributed by atoms with van der Waals surface area (Å²) in [4.78, 5) is 69.9. The van der Waals surface area contributed by atoms with E-state index in [1.165, 1.54) is 0 Å². The van der Waals surface area contributed by atoms with Crippen molar-refractivity contribution >= 4 is 41.2 Å². The third-order valence-corrected chi connectivity index (χ3v) is 9.40. The van der Waals surface area contributed by atoms with Crippen molar-refractivity contribution in [3.8, 4) is 0 Å². The zero-order valence-corrected chi connectivity index (χ0v) is 28.3. The van der Waals surface area contributed by atoms with Crippen LogP contribution < -0.4 is 16.0 Å². The van der Waals surface area contributed by atoms with Gasteiger partial charge in [-0.05, 0) is 67.0 Å². The lowest BCUT2D eigenvalue weighted by Gasteiger charge is -2.38. The van der Waals surface area contributed by atoms with E-state index in [0.717, 1.165) is 35.3 Å². The SMILES string of the molecule is Cc1ccccc1NC(=O)Nc1ccc(CN2C(=O)N([C@@H](CC(C)C)C(=O)NC(CC(=O)O)c3ccccc3)C(=O)C23CCCCC3)cc1. The number of carbonyl (C=O) groups excluding carboxylic acids is 4. The fraction of sp³-hybridized carbons (Fsp3) is 0.395. The van der Waals surface area contributed by atoms with Crippen LogP contribution >= 0.6 is 0 Å². The fourth-order valence-corrected chi connectivity index (χ4v) is 6.88. The summed E-state index contributed by atoms with van der Waals surface area (Å²) >= 11 is 0. The Morgan fingerprint density at radius 2 is 1.51 bits per heavy atom. The predicted molar refractivity (Wildman–Crippen MR) is 187 cm³/mol. The molecule has 5 rings (SSSR count). The fourth-order valence-electron chi connectivity index (χ4n) is 6.88. The molecular formula is C38H45N5O6. The Kier molecular flexibility index (Phi) is 11.0. The second-order valence-corrected chi connectivity index (χ2v) is 13.4. The van der Waals surface area contributed by atoms with Crippen molar-refractivity contribution in [2.24, 2.45) is 5.92 Å². The number of rotatable bonds is 12. The molecule has 3 aromatic carbocycles. The third kappa shape index (κ3) is 8.10. The van der Waals surface area contributed by atoms with Crippen LogP contribution in [0.3, 0.4) is 0 Å². The quantitative estimate of drug-likeness (QED) is 0.155. The monoisotopic (exact) mass is 667 g/mol. The van der Waals surface area contributed by atoms with E-state index < -0.39 is 35.5 Å². The second-order valence-electron chi connectivity index (χ2n) is 13.4. The van der Waals surface area contributed by atoms with Crippen molar-refractivity contribution in [2.45, 2.75) is 89.9 Å². The standard InChI is InChI=1S/C38H45N5O6/c1-25(2)22-32(34(46)40-31(23-33(44)45)28-13-6-4-7-14-28)43-35(47)38(20-10-5-11-21-38)42(37(43)49)24-27-16-18-29(19-17-27)39-36(48)41-30-15-9-8-12-26(30)3/h4,6-9,12-19,25,31-32H,5,10-11,20-24H2,1-3H3,(H,40,46)(H,44,45)(H2,39,41,48)/t31?,32-/m0/s1. The first-order chi connectivity index (χ1) is 23.5. The Hall–Kier alpha value is -5.19. The zero-order valence-electron chi connectivity index (χ0n) is 28.3. The Morgan fingerprint density at radius 3 is 2.14 bits per heavy atom. The van der Waals surface area contributed by atoms with Crippen LogP contribution in [0.25, 0.3) is 0 Å². The van der Waals surface area contributed by atoms with Gasteiger partial charge in [0.25, 0.3) is 5.91 Å². The van der Waals surface area contributed by atoms with Gasteiger partial charge in [0.1, 0.15) is 11.6 Å². The van der Waals surface area contributed by atoms with Crippen molar-refractivity contribution in [3.63, 3.8) is 0 Å². The molecule has 6 amide bonds. The molecule has 1 aliphatic heterocycles. The summed E-state index contributed by atoms with van der Waals surface area (Å²) in [5.41, 5.74) is 2.53. The lowest BCUT2D eigenvalue weighted by atomic mass is 9.80. The highest BCUT2D eigenvalue weighted by Crippen LogP contribution is 2.43. The topological polar surface area (TPSA) is 148 Å². The lowest BCUT2D eigenvalue weighted by molar-refractivity contribution is -0.142. The average molecular weight is 668 g/mol. The maximum absolute atomic E-state index is 14.4. The molecule has 0 bridgehead atoms. The van der Waals surface area contributed by atoms with Crippen LogP contribution in [0.4, 0.5) is 21.0 Å². The maximum Gasteiger partial charge on any atom is 0.328 e. The van der Waals surface area contributed by atoms with Gasteiger partial charge in [-0.3, -0.25) is 14.4 Å². The average Bonchev–Trinajstić information content (AvgIpc) is 3.26. The number of nitrogens with zero attached hydrogens (tertiary/aromatic N) is 2. The number of nitrogens with one attached hydrogen (secondary N) is 3. The van der Waals surface area contributed by atoms with Gasteiger partial charge >= 0.3 is 18.0 Å². The molecule has 0 radical (unpaired) electrons. The van der Waals surface area contributed by atoms with Gasteiger partial charge in [-0.15, -0.1) is 0 Å². The van der Waals surface area contributed by atoms with Crippen molar-refractivity contribution in [2.75, 3.05) is 10.6 Å². The molecule has 49 heavy (non-hydrogen) atoms. The van der Waals surface area contributed by atoms with Gasteiger partial charge < -0.3 is 26.0 Å². The Bertz CT molecular complexity index is 1670. The number of aliphatic carboxylic acids is 1. The molecule has 11 heteroatoms. The summed E-state index contributed by atoms with van der Waals surface area (Å²) in [6, 6.07) is 20.6. The van der Waals surface area contributed by atoms with Gasteiger partial charge in [-0.1, -0.05) is 93.8 Å². The molecule has 1 heterocycles. The number of para-hydroxylation sites is 1. The summed E-state index contributed by atoms with van der Waals surface area (Å²) in [6.45, 7) is 5.90. The molecule has 1 spiro atoms. The minimum atomic E-state index is -1.11. The van der Waals surface area contributed by atoms with Crippen LogP contribution in [-0.4, -0.2) is 56.3 Å². The van der Waals surface area contributed by atoms with Crippen LogP contribution in [0.15, 0.2) is 78.9 Å². The zero-order chi connectivity index (χ0) is 35.1. The number of benzene rings is 3. The Labute approximate surface area is 287 Å². The largest absolute Gasteiger partial charge is 0.481 e. The lowest BCUT2D eigenvalue weighted by Crippen LogP contribution is -2.53. The molecule has 1 unspecified atom stereocenters. The third-order valence-electron chi connectivity index (χ3n) is 9.40. The number of aryl methyl sites for hydroxylation is 1. The molecule has 2 aliphatic rings. The highest BCUT2D eigenvalue weighted by Gasteiger charge is 2.59. The van der Waals surface area contributed by atoms with Gasteiger partial charge in [-0.2, -0.15) is 0 Å². The number of carboxylic acids is 1. The van der Waals surface area contributed by atoms with E-state index in [0.29, 0.717) is 29.8 Å². The number of amides is 6. The maximum atomic E-state index is 14.4. The smallest absolute Gasteiger partial charge is 0.328 e. The number of anilines is 2. The van der Waals surface area contributed by atoms with E-state index >= 15 is 0 Å². The Morgan fingerprint density at radius 1 is 0.857 bits per heavy atom. The van der Waals surface area contributed by atoms with Crippen LogP contribution in [0.5, 0.6) is 0 Å². The van der Waals surface area contributed by atoms with E-state index in [1.54, 1.807) is 47.4 Å². The van der Waals surface area contributed by atoms with Crippen LogP contribution in [-0.2, 0) is 20.9 Å². The summed E-state index contributed by atoms with van der Waals surface area (Å²) in [7, 11) is 0. The van der Waals surface area contributed by atoms with Crippen molar-refractivity contribution < 1.29 is 29.1 Å². The first-order valence-corrected chi connectivity index (χ1v) is 16.9. The van der Waals surface area contributed by atoms with Gasteiger partial charge in [0, 0.05) is 17.9 Å². The number of carbonyl (C=O) groups is 5. The minimum absolute atomic E-state index is 0.0367. The van der Waals surface area contributed by atoms with Gasteiger partial charge in [-0.25, -0.2) is 14.5 Å². The molecule has 1 saturated heterocycles. The molecule has 2 atom stereocenters. The van der Waals surface area contributed by atoms with E-state index in [9.17, 15) is 29.1 Å². The molecule has 11 nitrogen and oxygen atoms in total. The van der Waals surface area contributed by atoms with Crippen molar-refractivity contribution in [1.82, 2.24) is 15.1 Å². The van der Waals surface area contributed by atoms with Crippen LogP contribution in [0.2, 0.25) is 0 Å². The summed E-state index contributed by atoms with van der Waals surface area (Å²) in [6.07, 6.45) is 3.37. The van der Waals surface area contributed by atoms with Gasteiger partial charge in [0.2, 0.25) is 5.91 Å².